The largest absolute Gasteiger partial charge is 0.348 e. The third-order valence-electron chi connectivity index (χ3n) is 6.62. The van der Waals surface area contributed by atoms with Crippen molar-refractivity contribution >= 4 is 5.91 Å². The first-order chi connectivity index (χ1) is 14.5. The van der Waals surface area contributed by atoms with Crippen LogP contribution in [0.5, 0.6) is 0 Å². The van der Waals surface area contributed by atoms with Crippen molar-refractivity contribution < 1.29 is 13.6 Å². The molecule has 0 aromatic carbocycles. The van der Waals surface area contributed by atoms with Crippen molar-refractivity contribution in [3.8, 4) is 5.95 Å². The van der Waals surface area contributed by atoms with Crippen LogP contribution in [-0.2, 0) is 12.8 Å². The molecule has 30 heavy (non-hydrogen) atoms. The summed E-state index contributed by atoms with van der Waals surface area (Å²) in [7, 11) is 0. The Morgan fingerprint density at radius 2 is 2.00 bits per heavy atom. The number of hydrogen-bond donors (Lipinski definition) is 1. The molecule has 1 aliphatic heterocycles. The first kappa shape index (κ1) is 19.5. The number of hydrogen-bond acceptors (Lipinski definition) is 5. The highest BCUT2D eigenvalue weighted by atomic mass is 19.3. The van der Waals surface area contributed by atoms with Crippen molar-refractivity contribution in [2.45, 2.75) is 69.4 Å². The van der Waals surface area contributed by atoms with Gasteiger partial charge in [-0.15, -0.1) is 0 Å². The Bertz CT molecular complexity index is 924. The van der Waals surface area contributed by atoms with E-state index in [2.05, 4.69) is 20.3 Å². The predicted molar refractivity (Wildman–Crippen MR) is 106 cm³/mol. The average Bonchev–Trinajstić information content (AvgIpc) is 3.48. The highest BCUT2D eigenvalue weighted by molar-refractivity contribution is 5.94. The lowest BCUT2D eigenvalue weighted by Gasteiger charge is -2.34. The van der Waals surface area contributed by atoms with Gasteiger partial charge in [0.05, 0.1) is 6.54 Å². The van der Waals surface area contributed by atoms with Crippen molar-refractivity contribution in [3.05, 3.63) is 35.7 Å². The van der Waals surface area contributed by atoms with Gasteiger partial charge >= 0.3 is 0 Å². The summed E-state index contributed by atoms with van der Waals surface area (Å²) in [6.45, 7) is 0.345. The third-order valence-corrected chi connectivity index (χ3v) is 6.62. The summed E-state index contributed by atoms with van der Waals surface area (Å²) in [5.41, 5.74) is 2.35. The fraction of sp³-hybridized carbons (Fsp3) is 0.619. The molecule has 0 spiro atoms. The molecule has 1 amide bonds. The maximum atomic E-state index is 13.5. The molecule has 9 heteroatoms. The first-order valence-corrected chi connectivity index (χ1v) is 10.8. The number of nitrogens with zero attached hydrogens (tertiary/aromatic N) is 5. The first-order valence-electron chi connectivity index (χ1n) is 10.8. The molecule has 1 N–H and O–H groups in total. The number of aromatic nitrogens is 4. The maximum Gasteiger partial charge on any atom is 0.270 e. The van der Waals surface area contributed by atoms with E-state index in [0.29, 0.717) is 18.2 Å². The molecular weight excluding hydrogens is 390 g/mol. The minimum absolute atomic E-state index is 0.0399. The standard InChI is InChI=1S/C21H26F2N6O/c22-21(23)8-10-28(12-21)15-6-4-14(5-7-15)25-19(30)18-16-2-1-3-17(16)26-20(27-18)29-11-9-24-13-29/h9,11,13-15H,1-8,10,12H2,(H,25,30). The van der Waals surface area contributed by atoms with Crippen molar-refractivity contribution in [1.29, 1.82) is 0 Å². The molecule has 5 rings (SSSR count). The molecule has 1 saturated heterocycles. The van der Waals surface area contributed by atoms with Crippen LogP contribution < -0.4 is 5.32 Å². The van der Waals surface area contributed by atoms with Gasteiger partial charge in [0.25, 0.3) is 11.8 Å². The van der Waals surface area contributed by atoms with Gasteiger partial charge in [-0.05, 0) is 44.9 Å². The van der Waals surface area contributed by atoms with Crippen LogP contribution in [0.4, 0.5) is 8.78 Å². The van der Waals surface area contributed by atoms with E-state index in [1.807, 2.05) is 4.90 Å². The number of likely N-dealkylation sites (tertiary alicyclic amines) is 1. The highest BCUT2D eigenvalue weighted by Crippen LogP contribution is 2.33. The van der Waals surface area contributed by atoms with E-state index < -0.39 is 5.92 Å². The number of carbonyl (C=O) groups is 1. The van der Waals surface area contributed by atoms with Crippen molar-refractivity contribution in [1.82, 2.24) is 29.7 Å². The molecule has 2 aliphatic carbocycles. The Morgan fingerprint density at radius 1 is 1.17 bits per heavy atom. The Morgan fingerprint density at radius 3 is 2.70 bits per heavy atom. The van der Waals surface area contributed by atoms with Crippen LogP contribution in [0.3, 0.4) is 0 Å². The smallest absolute Gasteiger partial charge is 0.270 e. The molecule has 2 fully saturated rings. The van der Waals surface area contributed by atoms with Crippen LogP contribution in [-0.4, -0.2) is 61.4 Å². The SMILES string of the molecule is O=C(NC1CCC(N2CCC(F)(F)C2)CC1)c1nc(-n2ccnc2)nc2c1CCC2. The zero-order valence-electron chi connectivity index (χ0n) is 16.9. The molecule has 1 saturated carbocycles. The molecule has 3 aliphatic rings. The summed E-state index contributed by atoms with van der Waals surface area (Å²) in [6, 6.07) is 0.253. The van der Waals surface area contributed by atoms with E-state index in [4.69, 9.17) is 0 Å². The molecule has 0 radical (unpaired) electrons. The van der Waals surface area contributed by atoms with E-state index in [1.54, 1.807) is 23.3 Å². The molecule has 2 aromatic heterocycles. The minimum Gasteiger partial charge on any atom is -0.348 e. The van der Waals surface area contributed by atoms with Crippen LogP contribution in [0, 0.1) is 0 Å². The van der Waals surface area contributed by atoms with Gasteiger partial charge in [0.15, 0.2) is 0 Å². The molecule has 7 nitrogen and oxygen atoms in total. The number of nitrogens with one attached hydrogen (secondary N) is 1. The fourth-order valence-corrected chi connectivity index (χ4v) is 5.01. The Balaban J connectivity index is 1.25. The lowest BCUT2D eigenvalue weighted by molar-refractivity contribution is 0.00504. The van der Waals surface area contributed by atoms with Crippen molar-refractivity contribution in [2.75, 3.05) is 13.1 Å². The van der Waals surface area contributed by atoms with Crippen LogP contribution in [0.25, 0.3) is 5.95 Å². The fourth-order valence-electron chi connectivity index (χ4n) is 5.01. The summed E-state index contributed by atoms with van der Waals surface area (Å²) >= 11 is 0. The second-order valence-corrected chi connectivity index (χ2v) is 8.68. The minimum atomic E-state index is -2.55. The van der Waals surface area contributed by atoms with E-state index in [9.17, 15) is 13.6 Å². The maximum absolute atomic E-state index is 13.5. The number of imidazole rings is 1. The summed E-state index contributed by atoms with van der Waals surface area (Å²) < 4.78 is 28.7. The Kier molecular flexibility index (Phi) is 5.00. The van der Waals surface area contributed by atoms with Gasteiger partial charge in [-0.25, -0.2) is 23.7 Å². The number of amides is 1. The van der Waals surface area contributed by atoms with Crippen LogP contribution >= 0.6 is 0 Å². The molecular formula is C21H26F2N6O. The number of carbonyl (C=O) groups excluding carboxylic acids is 1. The molecule has 0 unspecified atom stereocenters. The van der Waals surface area contributed by atoms with Crippen LogP contribution in [0.15, 0.2) is 18.7 Å². The quantitative estimate of drug-likeness (QED) is 0.829. The van der Waals surface area contributed by atoms with Crippen molar-refractivity contribution in [3.63, 3.8) is 0 Å². The predicted octanol–water partition coefficient (Wildman–Crippen LogP) is 2.53. The number of aryl methyl sites for hydroxylation is 1. The van der Waals surface area contributed by atoms with Crippen LogP contribution in [0.2, 0.25) is 0 Å². The lowest BCUT2D eigenvalue weighted by atomic mass is 9.90. The molecule has 3 heterocycles. The Labute approximate surface area is 173 Å². The number of rotatable bonds is 4. The monoisotopic (exact) mass is 416 g/mol. The van der Waals surface area contributed by atoms with Gasteiger partial charge in [-0.1, -0.05) is 0 Å². The zero-order valence-corrected chi connectivity index (χ0v) is 16.9. The average molecular weight is 416 g/mol. The van der Waals surface area contributed by atoms with Crippen LogP contribution in [0.1, 0.15) is 60.3 Å². The van der Waals surface area contributed by atoms with E-state index in [-0.39, 0.29) is 31.0 Å². The van der Waals surface area contributed by atoms with Gasteiger partial charge in [-0.3, -0.25) is 14.3 Å². The van der Waals surface area contributed by atoms with Gasteiger partial charge in [0.2, 0.25) is 5.95 Å². The molecule has 160 valence electrons. The van der Waals surface area contributed by atoms with Crippen molar-refractivity contribution in [2.24, 2.45) is 0 Å². The Hall–Kier alpha value is -2.42. The highest BCUT2D eigenvalue weighted by Gasteiger charge is 2.41. The summed E-state index contributed by atoms with van der Waals surface area (Å²) in [5.74, 6) is -2.24. The molecule has 2 aromatic rings. The second kappa shape index (κ2) is 7.68. The lowest BCUT2D eigenvalue weighted by Crippen LogP contribution is -2.44. The second-order valence-electron chi connectivity index (χ2n) is 8.68. The van der Waals surface area contributed by atoms with Gasteiger partial charge in [-0.2, -0.15) is 0 Å². The summed E-state index contributed by atoms with van der Waals surface area (Å²) in [6.07, 6.45) is 10.9. The zero-order chi connectivity index (χ0) is 20.7. The van der Waals surface area contributed by atoms with Gasteiger partial charge in [0.1, 0.15) is 12.0 Å². The number of fused-ring (bicyclic) bond motifs is 1. The van der Waals surface area contributed by atoms with E-state index in [1.165, 1.54) is 0 Å². The summed E-state index contributed by atoms with van der Waals surface area (Å²) in [5, 5.41) is 3.14. The molecule has 0 bridgehead atoms. The third kappa shape index (κ3) is 3.82. The van der Waals surface area contributed by atoms with E-state index in [0.717, 1.165) is 56.2 Å². The number of halogens is 2. The van der Waals surface area contributed by atoms with Gasteiger partial charge < -0.3 is 5.32 Å². The summed E-state index contributed by atoms with van der Waals surface area (Å²) in [4.78, 5) is 28.2. The van der Waals surface area contributed by atoms with Gasteiger partial charge in [0, 0.05) is 48.7 Å². The normalized spacial score (nSPS) is 25.9. The topological polar surface area (TPSA) is 75.9 Å². The van der Waals surface area contributed by atoms with E-state index >= 15 is 0 Å². The number of alkyl halides is 2. The molecule has 0 atom stereocenters.